The van der Waals surface area contributed by atoms with Crippen LogP contribution in [0.2, 0.25) is 0 Å². The quantitative estimate of drug-likeness (QED) is 0.593. The number of carbonyl (C=O) groups is 2. The van der Waals surface area contributed by atoms with Crippen LogP contribution in [0.3, 0.4) is 0 Å². The molecule has 0 amide bonds. The average molecular weight is 290 g/mol. The van der Waals surface area contributed by atoms with E-state index in [1.54, 1.807) is 24.3 Å². The summed E-state index contributed by atoms with van der Waals surface area (Å²) in [5.41, 5.74) is 0.871. The first-order chi connectivity index (χ1) is 10.1. The van der Waals surface area contributed by atoms with Crippen LogP contribution in [0.1, 0.15) is 51.0 Å². The lowest BCUT2D eigenvalue weighted by Crippen LogP contribution is -2.09. The van der Waals surface area contributed by atoms with E-state index in [9.17, 15) is 9.59 Å². The summed E-state index contributed by atoms with van der Waals surface area (Å²) in [7, 11) is 0. The Morgan fingerprint density at radius 3 is 2.43 bits per heavy atom. The summed E-state index contributed by atoms with van der Waals surface area (Å²) < 4.78 is 10.2. The molecular formula is C17H22O4. The third-order valence-corrected chi connectivity index (χ3v) is 3.83. The van der Waals surface area contributed by atoms with Gasteiger partial charge >= 0.3 is 11.9 Å². The number of hydrogen-bond donors (Lipinski definition) is 0. The van der Waals surface area contributed by atoms with E-state index >= 15 is 0 Å². The Bertz CT molecular complexity index is 472. The lowest BCUT2D eigenvalue weighted by atomic mass is 10.0. The molecule has 1 aliphatic carbocycles. The van der Waals surface area contributed by atoms with E-state index in [2.05, 4.69) is 0 Å². The maximum atomic E-state index is 11.8. The van der Waals surface area contributed by atoms with Crippen LogP contribution in [-0.4, -0.2) is 11.9 Å². The Morgan fingerprint density at radius 2 is 1.81 bits per heavy atom. The van der Waals surface area contributed by atoms with Gasteiger partial charge in [0.25, 0.3) is 0 Å². The van der Waals surface area contributed by atoms with Gasteiger partial charge in [0.2, 0.25) is 0 Å². The van der Waals surface area contributed by atoms with Crippen molar-refractivity contribution in [3.8, 4) is 5.75 Å². The van der Waals surface area contributed by atoms with Crippen molar-refractivity contribution in [3.63, 3.8) is 0 Å². The fourth-order valence-electron chi connectivity index (χ4n) is 2.64. The molecule has 0 radical (unpaired) electrons. The summed E-state index contributed by atoms with van der Waals surface area (Å²) in [6, 6.07) is 7.05. The highest BCUT2D eigenvalue weighted by atomic mass is 16.5. The minimum atomic E-state index is -0.308. The van der Waals surface area contributed by atoms with E-state index in [1.165, 1.54) is 32.6 Å². The Morgan fingerprint density at radius 1 is 1.14 bits per heavy atom. The smallest absolute Gasteiger partial charge is 0.311 e. The predicted octanol–water partition coefficient (Wildman–Crippen LogP) is 3.63. The van der Waals surface area contributed by atoms with Crippen LogP contribution in [0.5, 0.6) is 5.75 Å². The molecule has 1 fully saturated rings. The second kappa shape index (κ2) is 7.81. The molecule has 0 bridgehead atoms. The van der Waals surface area contributed by atoms with E-state index in [-0.39, 0.29) is 18.5 Å². The monoisotopic (exact) mass is 290 g/mol. The molecule has 1 aliphatic rings. The van der Waals surface area contributed by atoms with Gasteiger partial charge in [0.15, 0.2) is 0 Å². The highest BCUT2D eigenvalue weighted by Gasteiger charge is 2.16. The lowest BCUT2D eigenvalue weighted by molar-refractivity contribution is -0.142. The topological polar surface area (TPSA) is 52.6 Å². The SMILES string of the molecule is CC(=O)OCc1ccc(OC(=O)CCC2CCCC2)cc1. The second-order valence-electron chi connectivity index (χ2n) is 5.59. The molecule has 0 saturated heterocycles. The fraction of sp³-hybridized carbons (Fsp3) is 0.529. The third-order valence-electron chi connectivity index (χ3n) is 3.83. The summed E-state index contributed by atoms with van der Waals surface area (Å²) >= 11 is 0. The zero-order valence-electron chi connectivity index (χ0n) is 12.5. The Labute approximate surface area is 125 Å². The molecule has 0 heterocycles. The summed E-state index contributed by atoms with van der Waals surface area (Å²) in [6.07, 6.45) is 6.51. The van der Waals surface area contributed by atoms with E-state index in [0.717, 1.165) is 12.0 Å². The van der Waals surface area contributed by atoms with E-state index in [4.69, 9.17) is 9.47 Å². The Kier molecular flexibility index (Phi) is 5.78. The van der Waals surface area contributed by atoms with Crippen molar-refractivity contribution in [1.82, 2.24) is 0 Å². The van der Waals surface area contributed by atoms with Crippen LogP contribution >= 0.6 is 0 Å². The van der Waals surface area contributed by atoms with Crippen molar-refractivity contribution >= 4 is 11.9 Å². The lowest BCUT2D eigenvalue weighted by Gasteiger charge is -2.09. The molecule has 1 saturated carbocycles. The molecular weight excluding hydrogens is 268 g/mol. The molecule has 0 aromatic heterocycles. The number of ether oxygens (including phenoxy) is 2. The van der Waals surface area contributed by atoms with Gasteiger partial charge in [0, 0.05) is 13.3 Å². The zero-order valence-corrected chi connectivity index (χ0v) is 12.5. The molecule has 0 N–H and O–H groups in total. The summed E-state index contributed by atoms with van der Waals surface area (Å²) in [5, 5.41) is 0. The van der Waals surface area contributed by atoms with Crippen LogP contribution in [0.4, 0.5) is 0 Å². The number of hydrogen-bond acceptors (Lipinski definition) is 4. The molecule has 0 aliphatic heterocycles. The van der Waals surface area contributed by atoms with E-state index < -0.39 is 0 Å². The molecule has 4 heteroatoms. The minimum absolute atomic E-state index is 0.172. The molecule has 0 unspecified atom stereocenters. The Balaban J connectivity index is 1.73. The highest BCUT2D eigenvalue weighted by Crippen LogP contribution is 2.28. The molecule has 4 nitrogen and oxygen atoms in total. The molecule has 1 aromatic rings. The number of esters is 2. The van der Waals surface area contributed by atoms with Crippen LogP contribution in [-0.2, 0) is 20.9 Å². The minimum Gasteiger partial charge on any atom is -0.461 e. The average Bonchev–Trinajstić information content (AvgIpc) is 2.98. The van der Waals surface area contributed by atoms with Crippen molar-refractivity contribution in [2.75, 3.05) is 0 Å². The molecule has 0 spiro atoms. The van der Waals surface area contributed by atoms with Crippen LogP contribution < -0.4 is 4.74 Å². The van der Waals surface area contributed by atoms with Gasteiger partial charge in [-0.1, -0.05) is 37.8 Å². The van der Waals surface area contributed by atoms with Gasteiger partial charge in [-0.25, -0.2) is 0 Å². The first kappa shape index (κ1) is 15.5. The molecule has 1 aromatic carbocycles. The van der Waals surface area contributed by atoms with Gasteiger partial charge in [0.05, 0.1) is 0 Å². The summed E-state index contributed by atoms with van der Waals surface area (Å²) in [5.74, 6) is 0.758. The third kappa shape index (κ3) is 5.58. The number of benzene rings is 1. The van der Waals surface area contributed by atoms with Crippen molar-refractivity contribution in [1.29, 1.82) is 0 Å². The van der Waals surface area contributed by atoms with Gasteiger partial charge in [0.1, 0.15) is 12.4 Å². The molecule has 114 valence electrons. The van der Waals surface area contributed by atoms with Crippen LogP contribution in [0, 0.1) is 5.92 Å². The van der Waals surface area contributed by atoms with Crippen LogP contribution in [0.15, 0.2) is 24.3 Å². The van der Waals surface area contributed by atoms with Crippen LogP contribution in [0.25, 0.3) is 0 Å². The largest absolute Gasteiger partial charge is 0.461 e. The molecule has 21 heavy (non-hydrogen) atoms. The Hall–Kier alpha value is -1.84. The maximum Gasteiger partial charge on any atom is 0.311 e. The fourth-order valence-corrected chi connectivity index (χ4v) is 2.64. The van der Waals surface area contributed by atoms with Gasteiger partial charge in [-0.15, -0.1) is 0 Å². The predicted molar refractivity (Wildman–Crippen MR) is 78.7 cm³/mol. The summed E-state index contributed by atoms with van der Waals surface area (Å²) in [6.45, 7) is 1.62. The summed E-state index contributed by atoms with van der Waals surface area (Å²) in [4.78, 5) is 22.5. The van der Waals surface area contributed by atoms with E-state index in [1.807, 2.05) is 0 Å². The number of carbonyl (C=O) groups excluding carboxylic acids is 2. The first-order valence-electron chi connectivity index (χ1n) is 7.56. The van der Waals surface area contributed by atoms with Crippen molar-refractivity contribution in [2.45, 2.75) is 52.1 Å². The van der Waals surface area contributed by atoms with Gasteiger partial charge < -0.3 is 9.47 Å². The van der Waals surface area contributed by atoms with Gasteiger partial charge in [-0.2, -0.15) is 0 Å². The van der Waals surface area contributed by atoms with E-state index in [0.29, 0.717) is 18.1 Å². The van der Waals surface area contributed by atoms with Crippen molar-refractivity contribution in [3.05, 3.63) is 29.8 Å². The molecule has 0 atom stereocenters. The first-order valence-corrected chi connectivity index (χ1v) is 7.56. The second-order valence-corrected chi connectivity index (χ2v) is 5.59. The number of rotatable bonds is 6. The van der Waals surface area contributed by atoms with Crippen molar-refractivity contribution in [2.24, 2.45) is 5.92 Å². The van der Waals surface area contributed by atoms with Gasteiger partial charge in [-0.05, 0) is 30.0 Å². The maximum absolute atomic E-state index is 11.8. The van der Waals surface area contributed by atoms with Crippen molar-refractivity contribution < 1.29 is 19.1 Å². The molecule has 2 rings (SSSR count). The zero-order chi connectivity index (χ0) is 15.1. The van der Waals surface area contributed by atoms with Gasteiger partial charge in [-0.3, -0.25) is 9.59 Å². The highest BCUT2D eigenvalue weighted by molar-refractivity contribution is 5.72. The standard InChI is InChI=1S/C17H22O4/c1-13(18)20-12-15-6-9-16(10-7-15)21-17(19)11-8-14-4-2-3-5-14/h6-7,9-10,14H,2-5,8,11-12H2,1H3. The normalized spacial score (nSPS) is 14.9.